The van der Waals surface area contributed by atoms with Crippen molar-refractivity contribution >= 4 is 23.3 Å². The Morgan fingerprint density at radius 1 is 1.31 bits per heavy atom. The van der Waals surface area contributed by atoms with E-state index < -0.39 is 0 Å². The van der Waals surface area contributed by atoms with E-state index in [0.29, 0.717) is 19.0 Å². The summed E-state index contributed by atoms with van der Waals surface area (Å²) in [6, 6.07) is 2.47. The number of aromatic nitrogens is 5. The van der Waals surface area contributed by atoms with Gasteiger partial charge in [0, 0.05) is 68.5 Å². The van der Waals surface area contributed by atoms with E-state index in [1.165, 1.54) is 6.21 Å². The Balaban J connectivity index is 1.28. The monoisotopic (exact) mass is 435 g/mol. The summed E-state index contributed by atoms with van der Waals surface area (Å²) in [5, 5.41) is 16.3. The zero-order valence-corrected chi connectivity index (χ0v) is 18.3. The second kappa shape index (κ2) is 8.34. The van der Waals surface area contributed by atoms with Gasteiger partial charge in [0.15, 0.2) is 0 Å². The molecule has 3 N–H and O–H groups in total. The van der Waals surface area contributed by atoms with Crippen LogP contribution in [0.4, 0.5) is 4.79 Å². The van der Waals surface area contributed by atoms with Gasteiger partial charge in [0.2, 0.25) is 0 Å². The molecule has 0 bridgehead atoms. The summed E-state index contributed by atoms with van der Waals surface area (Å²) in [4.78, 5) is 28.3. The van der Waals surface area contributed by atoms with Crippen molar-refractivity contribution in [2.75, 3.05) is 32.7 Å². The molecule has 0 aromatic carbocycles. The summed E-state index contributed by atoms with van der Waals surface area (Å²) in [7, 11) is 0. The summed E-state index contributed by atoms with van der Waals surface area (Å²) in [6.45, 7) is 5.89. The van der Waals surface area contributed by atoms with E-state index in [9.17, 15) is 4.79 Å². The Morgan fingerprint density at radius 3 is 2.88 bits per heavy atom. The average Bonchev–Trinajstić information content (AvgIpc) is 3.46. The summed E-state index contributed by atoms with van der Waals surface area (Å²) >= 11 is 0. The summed E-state index contributed by atoms with van der Waals surface area (Å²) in [6.07, 6.45) is 11.4. The van der Waals surface area contributed by atoms with E-state index in [2.05, 4.69) is 31.4 Å². The fourth-order valence-corrected chi connectivity index (χ4v) is 5.07. The van der Waals surface area contributed by atoms with Crippen molar-refractivity contribution in [2.24, 2.45) is 0 Å². The molecule has 1 saturated heterocycles. The van der Waals surface area contributed by atoms with Gasteiger partial charge in [-0.2, -0.15) is 5.10 Å². The van der Waals surface area contributed by atoms with Gasteiger partial charge in [-0.1, -0.05) is 0 Å². The van der Waals surface area contributed by atoms with Crippen LogP contribution in [0.1, 0.15) is 26.2 Å². The number of nitrogens with zero attached hydrogens (tertiary/aromatic N) is 6. The Bertz CT molecular complexity index is 1110. The quantitative estimate of drug-likeness (QED) is 0.512. The molecule has 0 atom stereocenters. The molecule has 10 nitrogen and oxygen atoms in total. The molecule has 2 amide bonds. The SMILES string of the molecule is CCNC(=O)N1CCN(C2CC(CC=N)(n3cc(-c4ncnc5[nH]ccc45)cn3)C2)CC1. The number of rotatable bonds is 6. The first kappa shape index (κ1) is 20.6. The predicted molar refractivity (Wildman–Crippen MR) is 122 cm³/mol. The van der Waals surface area contributed by atoms with Crippen LogP contribution in [0, 0.1) is 5.41 Å². The number of fused-ring (bicyclic) bond motifs is 1. The highest BCUT2D eigenvalue weighted by molar-refractivity contribution is 5.90. The highest BCUT2D eigenvalue weighted by Crippen LogP contribution is 2.45. The van der Waals surface area contributed by atoms with E-state index in [1.807, 2.05) is 35.0 Å². The number of hydrogen-bond acceptors (Lipinski definition) is 6. The average molecular weight is 436 g/mol. The van der Waals surface area contributed by atoms with Crippen LogP contribution in [0.5, 0.6) is 0 Å². The molecular formula is C22H29N9O. The molecule has 1 saturated carbocycles. The van der Waals surface area contributed by atoms with Crippen LogP contribution in [0.2, 0.25) is 0 Å². The number of carbonyl (C=O) groups excluding carboxylic acids is 1. The second-order valence-electron chi connectivity index (χ2n) is 8.69. The van der Waals surface area contributed by atoms with Gasteiger partial charge < -0.3 is 20.6 Å². The van der Waals surface area contributed by atoms with Gasteiger partial charge in [0.05, 0.1) is 17.4 Å². The molecule has 5 rings (SSSR count). The van der Waals surface area contributed by atoms with E-state index in [-0.39, 0.29) is 11.6 Å². The third-order valence-electron chi connectivity index (χ3n) is 6.86. The van der Waals surface area contributed by atoms with Gasteiger partial charge in [-0.15, -0.1) is 0 Å². The summed E-state index contributed by atoms with van der Waals surface area (Å²) in [5.74, 6) is 0. The molecule has 32 heavy (non-hydrogen) atoms. The minimum Gasteiger partial charge on any atom is -0.346 e. The van der Waals surface area contributed by atoms with Gasteiger partial charge in [-0.05, 0) is 32.0 Å². The number of urea groups is 1. The molecule has 4 heterocycles. The zero-order valence-electron chi connectivity index (χ0n) is 18.3. The molecule has 1 aliphatic carbocycles. The molecule has 2 fully saturated rings. The van der Waals surface area contributed by atoms with E-state index >= 15 is 0 Å². The lowest BCUT2D eigenvalue weighted by Gasteiger charge is -2.53. The number of nitrogens with one attached hydrogen (secondary N) is 3. The Hall–Kier alpha value is -3.27. The van der Waals surface area contributed by atoms with Gasteiger partial charge in [0.1, 0.15) is 12.0 Å². The van der Waals surface area contributed by atoms with Crippen molar-refractivity contribution in [3.63, 3.8) is 0 Å². The minimum absolute atomic E-state index is 0.0317. The van der Waals surface area contributed by atoms with Crippen molar-refractivity contribution in [3.8, 4) is 11.3 Å². The maximum Gasteiger partial charge on any atom is 0.317 e. The van der Waals surface area contributed by atoms with E-state index in [1.54, 1.807) is 6.33 Å². The van der Waals surface area contributed by atoms with E-state index in [4.69, 9.17) is 10.5 Å². The fraction of sp³-hybridized carbons (Fsp3) is 0.500. The molecular weight excluding hydrogens is 406 g/mol. The maximum absolute atomic E-state index is 12.1. The molecule has 0 radical (unpaired) electrons. The zero-order chi connectivity index (χ0) is 22.1. The first-order valence-electron chi connectivity index (χ1n) is 11.2. The van der Waals surface area contributed by atoms with Crippen LogP contribution in [-0.2, 0) is 5.54 Å². The van der Waals surface area contributed by atoms with Gasteiger partial charge >= 0.3 is 6.03 Å². The van der Waals surface area contributed by atoms with Crippen LogP contribution in [-0.4, -0.2) is 85.5 Å². The fourth-order valence-electron chi connectivity index (χ4n) is 5.07. The van der Waals surface area contributed by atoms with Crippen molar-refractivity contribution in [3.05, 3.63) is 31.0 Å². The smallest absolute Gasteiger partial charge is 0.317 e. The molecule has 0 spiro atoms. The van der Waals surface area contributed by atoms with Crippen molar-refractivity contribution in [1.29, 1.82) is 5.41 Å². The Labute approximate surface area is 186 Å². The molecule has 3 aromatic rings. The summed E-state index contributed by atoms with van der Waals surface area (Å²) < 4.78 is 2.04. The van der Waals surface area contributed by atoms with Crippen LogP contribution in [0.3, 0.4) is 0 Å². The maximum atomic E-state index is 12.1. The lowest BCUT2D eigenvalue weighted by molar-refractivity contribution is -0.0110. The molecule has 3 aromatic heterocycles. The topological polar surface area (TPSA) is 119 Å². The van der Waals surface area contributed by atoms with E-state index in [0.717, 1.165) is 61.3 Å². The largest absolute Gasteiger partial charge is 0.346 e. The highest BCUT2D eigenvalue weighted by atomic mass is 16.2. The van der Waals surface area contributed by atoms with Crippen molar-refractivity contribution in [2.45, 2.75) is 37.8 Å². The number of aromatic amines is 1. The van der Waals surface area contributed by atoms with Crippen LogP contribution < -0.4 is 5.32 Å². The first-order chi connectivity index (χ1) is 15.6. The number of amides is 2. The van der Waals surface area contributed by atoms with Crippen LogP contribution in [0.25, 0.3) is 22.3 Å². The lowest BCUT2D eigenvalue weighted by Crippen LogP contribution is -2.61. The predicted octanol–water partition coefficient (Wildman–Crippen LogP) is 2.07. The standard InChI is InChI=1S/C22H29N9O/c1-2-24-21(32)30-9-7-29(8-10-30)17-11-22(12-17,4-5-23)31-14-16(13-28-31)19-18-3-6-25-20(18)27-15-26-19/h3,5-6,13-15,17,23H,2,4,7-12H2,1H3,(H,24,32)(H,25,26,27). The Kier molecular flexibility index (Phi) is 5.38. The molecule has 2 aliphatic rings. The van der Waals surface area contributed by atoms with Crippen LogP contribution in [0.15, 0.2) is 31.0 Å². The first-order valence-corrected chi connectivity index (χ1v) is 11.2. The lowest BCUT2D eigenvalue weighted by atomic mass is 9.70. The van der Waals surface area contributed by atoms with Crippen LogP contribution >= 0.6 is 0 Å². The van der Waals surface area contributed by atoms with Gasteiger partial charge in [-0.25, -0.2) is 14.8 Å². The highest BCUT2D eigenvalue weighted by Gasteiger charge is 2.48. The molecule has 168 valence electrons. The molecule has 1 aliphatic heterocycles. The summed E-state index contributed by atoms with van der Waals surface area (Å²) in [5.41, 5.74) is 2.46. The number of piperazine rings is 1. The molecule has 0 unspecified atom stereocenters. The van der Waals surface area contributed by atoms with Gasteiger partial charge in [-0.3, -0.25) is 9.58 Å². The Morgan fingerprint density at radius 2 is 2.12 bits per heavy atom. The normalized spacial score (nSPS) is 23.8. The number of carbonyl (C=O) groups is 1. The molecule has 10 heteroatoms. The third kappa shape index (κ3) is 3.54. The van der Waals surface area contributed by atoms with Crippen molar-refractivity contribution < 1.29 is 4.79 Å². The third-order valence-corrected chi connectivity index (χ3v) is 6.86. The van der Waals surface area contributed by atoms with Crippen molar-refractivity contribution in [1.82, 2.24) is 39.8 Å². The second-order valence-corrected chi connectivity index (χ2v) is 8.69. The number of H-pyrrole nitrogens is 1. The minimum atomic E-state index is -0.175. The number of hydrogen-bond donors (Lipinski definition) is 3. The van der Waals surface area contributed by atoms with Gasteiger partial charge in [0.25, 0.3) is 0 Å².